The van der Waals surface area contributed by atoms with Crippen LogP contribution >= 0.6 is 0 Å². The molecule has 1 aliphatic rings. The molecule has 0 aromatic carbocycles. The van der Waals surface area contributed by atoms with E-state index in [-0.39, 0.29) is 0 Å². The SMILES string of the molecule is CNS(=O)(=O)NC1(C(=O)OC)CCCCC1. The summed E-state index contributed by atoms with van der Waals surface area (Å²) in [6.45, 7) is 0. The highest BCUT2D eigenvalue weighted by molar-refractivity contribution is 7.87. The number of ether oxygens (including phenoxy) is 1. The molecule has 7 heteroatoms. The van der Waals surface area contributed by atoms with Crippen LogP contribution < -0.4 is 9.44 Å². The lowest BCUT2D eigenvalue weighted by Crippen LogP contribution is -2.58. The minimum absolute atomic E-state index is 0.487. The Morgan fingerprint density at radius 3 is 2.25 bits per heavy atom. The van der Waals surface area contributed by atoms with E-state index >= 15 is 0 Å². The molecule has 0 radical (unpaired) electrons. The van der Waals surface area contributed by atoms with Gasteiger partial charge in [-0.25, -0.2) is 4.72 Å². The first kappa shape index (κ1) is 13.4. The largest absolute Gasteiger partial charge is 0.468 e. The molecule has 1 saturated carbocycles. The van der Waals surface area contributed by atoms with E-state index in [1.54, 1.807) is 0 Å². The zero-order valence-electron chi connectivity index (χ0n) is 9.58. The maximum atomic E-state index is 11.7. The lowest BCUT2D eigenvalue weighted by atomic mass is 9.83. The van der Waals surface area contributed by atoms with E-state index in [2.05, 4.69) is 14.2 Å². The van der Waals surface area contributed by atoms with E-state index in [9.17, 15) is 13.2 Å². The van der Waals surface area contributed by atoms with Gasteiger partial charge in [0.1, 0.15) is 5.54 Å². The first-order valence-corrected chi connectivity index (χ1v) is 6.75. The van der Waals surface area contributed by atoms with Crippen LogP contribution in [0.5, 0.6) is 0 Å². The maximum Gasteiger partial charge on any atom is 0.327 e. The molecule has 0 aromatic rings. The van der Waals surface area contributed by atoms with Crippen LogP contribution in [-0.2, 0) is 19.7 Å². The van der Waals surface area contributed by atoms with Crippen LogP contribution in [0.3, 0.4) is 0 Å². The van der Waals surface area contributed by atoms with Gasteiger partial charge in [0.2, 0.25) is 0 Å². The molecular weight excluding hydrogens is 232 g/mol. The highest BCUT2D eigenvalue weighted by Gasteiger charge is 2.43. The topological polar surface area (TPSA) is 84.5 Å². The monoisotopic (exact) mass is 250 g/mol. The minimum atomic E-state index is -3.63. The molecule has 0 aliphatic heterocycles. The zero-order chi connectivity index (χ0) is 12.2. The van der Waals surface area contributed by atoms with Crippen LogP contribution in [0.1, 0.15) is 32.1 Å². The Kier molecular flexibility index (Phi) is 4.28. The third-order valence-corrected chi connectivity index (χ3v) is 4.08. The summed E-state index contributed by atoms with van der Waals surface area (Å²) in [6.07, 6.45) is 3.63. The van der Waals surface area contributed by atoms with Gasteiger partial charge in [-0.3, -0.25) is 4.79 Å². The van der Waals surface area contributed by atoms with Gasteiger partial charge in [-0.05, 0) is 12.8 Å². The molecule has 1 aliphatic carbocycles. The van der Waals surface area contributed by atoms with Crippen molar-refractivity contribution >= 4 is 16.2 Å². The number of methoxy groups -OCH3 is 1. The van der Waals surface area contributed by atoms with Crippen LogP contribution in [-0.4, -0.2) is 34.1 Å². The fraction of sp³-hybridized carbons (Fsp3) is 0.889. The van der Waals surface area contributed by atoms with Gasteiger partial charge in [0.05, 0.1) is 7.11 Å². The lowest BCUT2D eigenvalue weighted by Gasteiger charge is -2.34. The van der Waals surface area contributed by atoms with Gasteiger partial charge in [0.25, 0.3) is 10.2 Å². The van der Waals surface area contributed by atoms with Crippen molar-refractivity contribution < 1.29 is 17.9 Å². The standard InChI is InChI=1S/C9H18N2O4S/c1-10-16(13,14)11-9(8(12)15-2)6-4-3-5-7-9/h10-11H,3-7H2,1-2H3. The summed E-state index contributed by atoms with van der Waals surface area (Å²) in [4.78, 5) is 11.7. The summed E-state index contributed by atoms with van der Waals surface area (Å²) in [5, 5.41) is 0. The molecule has 16 heavy (non-hydrogen) atoms. The quantitative estimate of drug-likeness (QED) is 0.683. The van der Waals surface area contributed by atoms with E-state index in [1.165, 1.54) is 14.2 Å². The fourth-order valence-corrected chi connectivity index (χ4v) is 2.91. The molecule has 0 heterocycles. The average molecular weight is 250 g/mol. The van der Waals surface area contributed by atoms with Gasteiger partial charge in [-0.2, -0.15) is 13.1 Å². The molecule has 0 unspecified atom stereocenters. The van der Waals surface area contributed by atoms with Crippen molar-refractivity contribution in [3.05, 3.63) is 0 Å². The Hall–Kier alpha value is -0.660. The Labute approximate surface area is 95.9 Å². The summed E-state index contributed by atoms with van der Waals surface area (Å²) >= 11 is 0. The number of rotatable bonds is 4. The first-order chi connectivity index (χ1) is 7.46. The Morgan fingerprint density at radius 2 is 1.81 bits per heavy atom. The molecule has 6 nitrogen and oxygen atoms in total. The summed E-state index contributed by atoms with van der Waals surface area (Å²) in [7, 11) is -1.06. The number of hydrogen-bond donors (Lipinski definition) is 2. The Balaban J connectivity index is 2.91. The van der Waals surface area contributed by atoms with Crippen molar-refractivity contribution in [2.45, 2.75) is 37.6 Å². The van der Waals surface area contributed by atoms with Crippen molar-refractivity contribution in [3.63, 3.8) is 0 Å². The van der Waals surface area contributed by atoms with E-state index in [0.29, 0.717) is 12.8 Å². The Morgan fingerprint density at radius 1 is 1.25 bits per heavy atom. The maximum absolute atomic E-state index is 11.7. The second-order valence-electron chi connectivity index (χ2n) is 3.94. The second-order valence-corrected chi connectivity index (χ2v) is 5.56. The van der Waals surface area contributed by atoms with Crippen LogP contribution in [0.4, 0.5) is 0 Å². The molecule has 0 atom stereocenters. The second kappa shape index (κ2) is 5.11. The first-order valence-electron chi connectivity index (χ1n) is 5.27. The lowest BCUT2D eigenvalue weighted by molar-refractivity contribution is -0.149. The summed E-state index contributed by atoms with van der Waals surface area (Å²) in [5.74, 6) is -0.508. The van der Waals surface area contributed by atoms with E-state index in [4.69, 9.17) is 0 Å². The molecule has 0 saturated heterocycles. The van der Waals surface area contributed by atoms with Crippen molar-refractivity contribution in [2.75, 3.05) is 14.2 Å². The summed E-state index contributed by atoms with van der Waals surface area (Å²) < 4.78 is 32.2. The molecule has 0 spiro atoms. The smallest absolute Gasteiger partial charge is 0.327 e. The third kappa shape index (κ3) is 2.93. The van der Waals surface area contributed by atoms with Crippen LogP contribution in [0.25, 0.3) is 0 Å². The number of esters is 1. The third-order valence-electron chi connectivity index (χ3n) is 2.88. The van der Waals surface area contributed by atoms with Crippen molar-refractivity contribution in [1.29, 1.82) is 0 Å². The number of nitrogens with one attached hydrogen (secondary N) is 2. The summed E-state index contributed by atoms with van der Waals surface area (Å²) in [6, 6.07) is 0. The molecule has 0 aromatic heterocycles. The van der Waals surface area contributed by atoms with Crippen molar-refractivity contribution in [3.8, 4) is 0 Å². The van der Waals surface area contributed by atoms with Crippen LogP contribution in [0.15, 0.2) is 0 Å². The van der Waals surface area contributed by atoms with Crippen LogP contribution in [0.2, 0.25) is 0 Å². The van der Waals surface area contributed by atoms with Gasteiger partial charge in [0, 0.05) is 7.05 Å². The molecule has 0 bridgehead atoms. The molecule has 2 N–H and O–H groups in total. The highest BCUT2D eigenvalue weighted by atomic mass is 32.2. The van der Waals surface area contributed by atoms with E-state index in [0.717, 1.165) is 19.3 Å². The minimum Gasteiger partial charge on any atom is -0.468 e. The van der Waals surface area contributed by atoms with Crippen molar-refractivity contribution in [2.24, 2.45) is 0 Å². The Bertz CT molecular complexity index is 347. The molecule has 1 rings (SSSR count). The number of carbonyl (C=O) groups is 1. The van der Waals surface area contributed by atoms with Gasteiger partial charge in [-0.1, -0.05) is 19.3 Å². The highest BCUT2D eigenvalue weighted by Crippen LogP contribution is 2.29. The molecular formula is C9H18N2O4S. The normalized spacial score (nSPS) is 20.4. The molecule has 0 amide bonds. The summed E-state index contributed by atoms with van der Waals surface area (Å²) in [5.41, 5.74) is -1.09. The van der Waals surface area contributed by atoms with Crippen molar-refractivity contribution in [1.82, 2.24) is 9.44 Å². The fourth-order valence-electron chi connectivity index (χ4n) is 2.01. The number of hydrogen-bond acceptors (Lipinski definition) is 4. The predicted molar refractivity (Wildman–Crippen MR) is 58.9 cm³/mol. The van der Waals surface area contributed by atoms with Gasteiger partial charge in [0.15, 0.2) is 0 Å². The predicted octanol–water partition coefficient (Wildman–Crippen LogP) is -0.0839. The van der Waals surface area contributed by atoms with Gasteiger partial charge < -0.3 is 4.74 Å². The molecule has 1 fully saturated rings. The zero-order valence-corrected chi connectivity index (χ0v) is 10.4. The van der Waals surface area contributed by atoms with E-state index in [1.807, 2.05) is 0 Å². The molecule has 94 valence electrons. The number of carbonyl (C=O) groups excluding carboxylic acids is 1. The van der Waals surface area contributed by atoms with E-state index < -0.39 is 21.7 Å². The van der Waals surface area contributed by atoms with Crippen LogP contribution in [0, 0.1) is 0 Å². The van der Waals surface area contributed by atoms with Gasteiger partial charge >= 0.3 is 5.97 Å². The average Bonchev–Trinajstić information content (AvgIpc) is 2.28. The van der Waals surface area contributed by atoms with Gasteiger partial charge in [-0.15, -0.1) is 0 Å².